The van der Waals surface area contributed by atoms with Crippen LogP contribution in [0.15, 0.2) is 30.6 Å². The summed E-state index contributed by atoms with van der Waals surface area (Å²) in [6.45, 7) is 5.83. The number of aryl methyl sites for hydroxylation is 1. The monoisotopic (exact) mass is 394 g/mol. The van der Waals surface area contributed by atoms with Gasteiger partial charge >= 0.3 is 0 Å². The van der Waals surface area contributed by atoms with Crippen molar-refractivity contribution in [1.29, 1.82) is 0 Å². The van der Waals surface area contributed by atoms with Crippen LogP contribution >= 0.6 is 12.4 Å². The van der Waals surface area contributed by atoms with Gasteiger partial charge in [0.25, 0.3) is 0 Å². The molecule has 0 radical (unpaired) electrons. The highest BCUT2D eigenvalue weighted by molar-refractivity contribution is 5.85. The molecule has 27 heavy (non-hydrogen) atoms. The zero-order valence-corrected chi connectivity index (χ0v) is 16.9. The fraction of sp³-hybridized carbons (Fsp3) is 0.474. The Morgan fingerprint density at radius 1 is 1.30 bits per heavy atom. The Bertz CT molecular complexity index is 791. The second-order valence-corrected chi connectivity index (χ2v) is 7.13. The number of fused-ring (bicyclic) bond motifs is 1. The van der Waals surface area contributed by atoms with Crippen molar-refractivity contribution >= 4 is 18.3 Å². The fourth-order valence-corrected chi connectivity index (χ4v) is 3.01. The number of aromatic nitrogens is 2. The van der Waals surface area contributed by atoms with E-state index < -0.39 is 6.04 Å². The van der Waals surface area contributed by atoms with E-state index in [4.69, 9.17) is 9.47 Å². The third-order valence-corrected chi connectivity index (χ3v) is 4.64. The molecule has 0 spiro atoms. The molecule has 1 atom stereocenters. The predicted octanol–water partition coefficient (Wildman–Crippen LogP) is 1.97. The Hall–Kier alpha value is -2.25. The highest BCUT2D eigenvalue weighted by atomic mass is 35.5. The molecule has 0 saturated carbocycles. The highest BCUT2D eigenvalue weighted by Crippen LogP contribution is 2.35. The lowest BCUT2D eigenvalue weighted by atomic mass is 9.84. The Kier molecular flexibility index (Phi) is 6.73. The van der Waals surface area contributed by atoms with E-state index in [2.05, 4.69) is 29.6 Å². The molecule has 148 valence electrons. The summed E-state index contributed by atoms with van der Waals surface area (Å²) in [6.07, 6.45) is 3.54. The third-order valence-electron chi connectivity index (χ3n) is 4.64. The van der Waals surface area contributed by atoms with E-state index in [9.17, 15) is 4.79 Å². The van der Waals surface area contributed by atoms with Crippen LogP contribution in [0.1, 0.15) is 31.0 Å². The molecule has 1 amide bonds. The maximum Gasteiger partial charge on any atom is 0.241 e. The van der Waals surface area contributed by atoms with Crippen LogP contribution < -0.4 is 20.1 Å². The zero-order chi connectivity index (χ0) is 18.7. The van der Waals surface area contributed by atoms with Crippen molar-refractivity contribution in [1.82, 2.24) is 20.4 Å². The summed E-state index contributed by atoms with van der Waals surface area (Å²) in [5.74, 6) is 1.45. The number of hydrogen-bond donors (Lipinski definition) is 2. The number of rotatable bonds is 6. The summed E-state index contributed by atoms with van der Waals surface area (Å²) < 4.78 is 12.9. The van der Waals surface area contributed by atoms with E-state index in [1.165, 1.54) is 0 Å². The van der Waals surface area contributed by atoms with Gasteiger partial charge in [0.2, 0.25) is 5.91 Å². The van der Waals surface area contributed by atoms with Gasteiger partial charge in [-0.3, -0.25) is 9.48 Å². The third kappa shape index (κ3) is 4.73. The van der Waals surface area contributed by atoms with Crippen molar-refractivity contribution in [3.63, 3.8) is 0 Å². The highest BCUT2D eigenvalue weighted by Gasteiger charge is 2.26. The van der Waals surface area contributed by atoms with Gasteiger partial charge in [0.15, 0.2) is 11.5 Å². The van der Waals surface area contributed by atoms with Crippen LogP contribution in [-0.2, 0) is 17.3 Å². The molecule has 1 aromatic heterocycles. The molecular weight excluding hydrogens is 368 g/mol. The molecule has 0 bridgehead atoms. The Morgan fingerprint density at radius 3 is 2.63 bits per heavy atom. The quantitative estimate of drug-likeness (QED) is 0.783. The zero-order valence-electron chi connectivity index (χ0n) is 16.1. The van der Waals surface area contributed by atoms with Gasteiger partial charge in [-0.25, -0.2) is 0 Å². The molecule has 0 aliphatic carbocycles. The van der Waals surface area contributed by atoms with Crippen LogP contribution in [0.5, 0.6) is 11.5 Å². The topological polar surface area (TPSA) is 77.4 Å². The van der Waals surface area contributed by atoms with Crippen LogP contribution in [0.3, 0.4) is 0 Å². The standard InChI is InChI=1S/C19H26N4O3.ClH/c1-19(2,14-5-6-15-16(9-14)26-8-7-25-15)12-21-18(24)17(20-3)13-10-22-23(4)11-13;/h5-6,9-11,17,20H,7-8,12H2,1-4H3,(H,21,24);1H. The predicted molar refractivity (Wildman–Crippen MR) is 106 cm³/mol. The molecule has 1 aliphatic rings. The molecule has 8 heteroatoms. The molecule has 7 nitrogen and oxygen atoms in total. The van der Waals surface area contributed by atoms with Crippen LogP contribution in [-0.4, -0.2) is 42.5 Å². The van der Waals surface area contributed by atoms with Crippen molar-refractivity contribution in [3.05, 3.63) is 41.7 Å². The molecule has 2 aromatic rings. The Balaban J connectivity index is 0.00000261. The number of hydrogen-bond acceptors (Lipinski definition) is 5. The molecular formula is C19H27ClN4O3. The second-order valence-electron chi connectivity index (χ2n) is 7.13. The van der Waals surface area contributed by atoms with Gasteiger partial charge in [0.1, 0.15) is 19.3 Å². The number of amides is 1. The van der Waals surface area contributed by atoms with Gasteiger partial charge in [0, 0.05) is 30.8 Å². The molecule has 1 aromatic carbocycles. The molecule has 3 rings (SSSR count). The smallest absolute Gasteiger partial charge is 0.241 e. The van der Waals surface area contributed by atoms with Gasteiger partial charge in [-0.05, 0) is 24.7 Å². The number of halogens is 1. The van der Waals surface area contributed by atoms with Gasteiger partial charge in [0.05, 0.1) is 6.20 Å². The summed E-state index contributed by atoms with van der Waals surface area (Å²) >= 11 is 0. The van der Waals surface area contributed by atoms with E-state index >= 15 is 0 Å². The summed E-state index contributed by atoms with van der Waals surface area (Å²) in [4.78, 5) is 12.6. The first kappa shape index (κ1) is 21.1. The lowest BCUT2D eigenvalue weighted by Crippen LogP contribution is -2.42. The average Bonchev–Trinajstić information content (AvgIpc) is 3.06. The number of benzene rings is 1. The summed E-state index contributed by atoms with van der Waals surface area (Å²) in [7, 11) is 3.60. The molecule has 1 unspecified atom stereocenters. The number of likely N-dealkylation sites (N-methyl/N-ethyl adjacent to an activating group) is 1. The van der Waals surface area contributed by atoms with E-state index in [0.29, 0.717) is 19.8 Å². The van der Waals surface area contributed by atoms with E-state index in [1.807, 2.05) is 31.4 Å². The summed E-state index contributed by atoms with van der Waals surface area (Å²) in [5.41, 5.74) is 1.67. The molecule has 2 N–H and O–H groups in total. The Labute approximate surface area is 165 Å². The van der Waals surface area contributed by atoms with Crippen LogP contribution in [0, 0.1) is 0 Å². The van der Waals surface area contributed by atoms with E-state index in [-0.39, 0.29) is 23.7 Å². The van der Waals surface area contributed by atoms with Crippen LogP contribution in [0.4, 0.5) is 0 Å². The lowest BCUT2D eigenvalue weighted by Gasteiger charge is -2.28. The maximum atomic E-state index is 12.6. The minimum Gasteiger partial charge on any atom is -0.486 e. The van der Waals surface area contributed by atoms with Gasteiger partial charge < -0.3 is 20.1 Å². The lowest BCUT2D eigenvalue weighted by molar-refractivity contribution is -0.123. The van der Waals surface area contributed by atoms with Crippen molar-refractivity contribution < 1.29 is 14.3 Å². The van der Waals surface area contributed by atoms with Gasteiger partial charge in [-0.15, -0.1) is 12.4 Å². The minimum atomic E-state index is -0.431. The van der Waals surface area contributed by atoms with Gasteiger partial charge in [-0.1, -0.05) is 19.9 Å². The largest absolute Gasteiger partial charge is 0.486 e. The molecule has 0 fully saturated rings. The normalized spacial score (nSPS) is 14.2. The number of nitrogens with zero attached hydrogens (tertiary/aromatic N) is 2. The summed E-state index contributed by atoms with van der Waals surface area (Å²) in [6, 6.07) is 5.52. The van der Waals surface area contributed by atoms with Crippen LogP contribution in [0.25, 0.3) is 0 Å². The maximum absolute atomic E-state index is 12.6. The molecule has 0 saturated heterocycles. The van der Waals surface area contributed by atoms with E-state index in [0.717, 1.165) is 22.6 Å². The van der Waals surface area contributed by atoms with Crippen molar-refractivity contribution in [2.24, 2.45) is 7.05 Å². The minimum absolute atomic E-state index is 0. The molecule has 2 heterocycles. The SMILES string of the molecule is CNC(C(=O)NCC(C)(C)c1ccc2c(c1)OCCO2)c1cnn(C)c1.Cl. The van der Waals surface area contributed by atoms with Crippen LogP contribution in [0.2, 0.25) is 0 Å². The van der Waals surface area contributed by atoms with Crippen molar-refractivity contribution in [2.45, 2.75) is 25.3 Å². The first-order chi connectivity index (χ1) is 12.4. The first-order valence-electron chi connectivity index (χ1n) is 8.74. The second kappa shape index (κ2) is 8.63. The number of carbonyl (C=O) groups is 1. The Morgan fingerprint density at radius 2 is 2.00 bits per heavy atom. The molecule has 1 aliphatic heterocycles. The number of carbonyl (C=O) groups excluding carboxylic acids is 1. The summed E-state index contributed by atoms with van der Waals surface area (Å²) in [5, 5.41) is 10.2. The van der Waals surface area contributed by atoms with Crippen molar-refractivity contribution in [2.75, 3.05) is 26.8 Å². The van der Waals surface area contributed by atoms with Crippen molar-refractivity contribution in [3.8, 4) is 11.5 Å². The van der Waals surface area contributed by atoms with E-state index in [1.54, 1.807) is 17.9 Å². The van der Waals surface area contributed by atoms with Gasteiger partial charge in [-0.2, -0.15) is 5.10 Å². The average molecular weight is 395 g/mol. The first-order valence-corrected chi connectivity index (χ1v) is 8.74. The fourth-order valence-electron chi connectivity index (χ4n) is 3.01. The number of nitrogens with one attached hydrogen (secondary N) is 2. The number of ether oxygens (including phenoxy) is 2.